The number of carbonyl (C=O) groups excluding carboxylic acids is 2. The summed E-state index contributed by atoms with van der Waals surface area (Å²) in [6, 6.07) is 12.7. The van der Waals surface area contributed by atoms with Crippen LogP contribution in [0.3, 0.4) is 0 Å². The van der Waals surface area contributed by atoms with Gasteiger partial charge in [-0.1, -0.05) is 41.6 Å². The molecule has 3 N–H and O–H groups in total. The van der Waals surface area contributed by atoms with Gasteiger partial charge in [0.1, 0.15) is 7.11 Å². The molecule has 2 aromatic rings. The molecule has 0 radical (unpaired) electrons. The van der Waals surface area contributed by atoms with Crippen molar-refractivity contribution >= 4 is 17.5 Å². The minimum Gasteiger partial charge on any atom is -0.399 e. The Labute approximate surface area is 193 Å². The fourth-order valence-corrected chi connectivity index (χ4v) is 4.16. The normalized spacial score (nSPS) is 17.0. The summed E-state index contributed by atoms with van der Waals surface area (Å²) < 4.78 is 0. The Hall–Kier alpha value is -3.23. The molecule has 2 aromatic carbocycles. The molecule has 33 heavy (non-hydrogen) atoms. The highest BCUT2D eigenvalue weighted by molar-refractivity contribution is 6.02. The molecular formula is C25H31N3O5. The number of nitrogens with zero attached hydrogens (tertiary/aromatic N) is 2. The molecule has 0 spiro atoms. The molecule has 1 saturated heterocycles. The summed E-state index contributed by atoms with van der Waals surface area (Å²) in [7, 11) is 1.45. The van der Waals surface area contributed by atoms with Crippen molar-refractivity contribution in [2.75, 3.05) is 26.9 Å². The molecule has 1 aliphatic heterocycles. The van der Waals surface area contributed by atoms with E-state index in [1.807, 2.05) is 37.3 Å². The smallest absolute Gasteiger partial charge is 0.254 e. The van der Waals surface area contributed by atoms with Crippen molar-refractivity contribution in [2.24, 2.45) is 5.16 Å². The predicted molar refractivity (Wildman–Crippen MR) is 126 cm³/mol. The minimum absolute atomic E-state index is 0.0331. The van der Waals surface area contributed by atoms with E-state index < -0.39 is 12.1 Å². The molecule has 8 nitrogen and oxygen atoms in total. The van der Waals surface area contributed by atoms with Gasteiger partial charge >= 0.3 is 0 Å². The maximum atomic E-state index is 13.5. The topological polar surface area (TPSA) is 111 Å². The Morgan fingerprint density at radius 1 is 1.15 bits per heavy atom. The molecule has 0 saturated carbocycles. The van der Waals surface area contributed by atoms with Gasteiger partial charge in [-0.3, -0.25) is 9.59 Å². The maximum Gasteiger partial charge on any atom is 0.254 e. The number of carbonyl (C=O) groups is 2. The molecule has 0 bridgehead atoms. The van der Waals surface area contributed by atoms with Crippen LogP contribution in [0.25, 0.3) is 11.1 Å². The second-order valence-corrected chi connectivity index (χ2v) is 8.31. The van der Waals surface area contributed by atoms with Crippen molar-refractivity contribution < 1.29 is 24.6 Å². The summed E-state index contributed by atoms with van der Waals surface area (Å²) in [5, 5.41) is 25.0. The first-order chi connectivity index (χ1) is 15.9. The number of aryl methyl sites for hydroxylation is 2. The van der Waals surface area contributed by atoms with E-state index >= 15 is 0 Å². The van der Waals surface area contributed by atoms with E-state index in [2.05, 4.69) is 29.5 Å². The maximum absolute atomic E-state index is 13.5. The average molecular weight is 454 g/mol. The van der Waals surface area contributed by atoms with Crippen molar-refractivity contribution in [1.29, 1.82) is 0 Å². The zero-order valence-corrected chi connectivity index (χ0v) is 19.2. The molecule has 1 fully saturated rings. The number of amides is 2. The van der Waals surface area contributed by atoms with Gasteiger partial charge in [0.05, 0.1) is 31.5 Å². The third-order valence-electron chi connectivity index (χ3n) is 5.89. The van der Waals surface area contributed by atoms with Crippen LogP contribution < -0.4 is 5.32 Å². The molecule has 3 rings (SSSR count). The van der Waals surface area contributed by atoms with E-state index in [9.17, 15) is 19.8 Å². The Balaban J connectivity index is 1.82. The fourth-order valence-electron chi connectivity index (χ4n) is 4.16. The number of rotatable bonds is 8. The molecule has 8 heteroatoms. The molecule has 2 amide bonds. The predicted octanol–water partition coefficient (Wildman–Crippen LogP) is 2.05. The molecule has 1 aliphatic rings. The van der Waals surface area contributed by atoms with Crippen molar-refractivity contribution in [2.45, 2.75) is 38.8 Å². The highest BCUT2D eigenvalue weighted by Gasteiger charge is 2.36. The Morgan fingerprint density at radius 2 is 1.88 bits per heavy atom. The van der Waals surface area contributed by atoms with Crippen LogP contribution in [-0.4, -0.2) is 71.6 Å². The lowest BCUT2D eigenvalue weighted by molar-refractivity contribution is -0.123. The van der Waals surface area contributed by atoms with Gasteiger partial charge in [-0.25, -0.2) is 0 Å². The highest BCUT2D eigenvalue weighted by atomic mass is 16.6. The van der Waals surface area contributed by atoms with E-state index in [1.165, 1.54) is 7.11 Å². The number of oxime groups is 1. The van der Waals surface area contributed by atoms with Crippen LogP contribution in [0.2, 0.25) is 0 Å². The number of aliphatic hydroxyl groups excluding tert-OH is 2. The van der Waals surface area contributed by atoms with E-state index in [0.29, 0.717) is 17.7 Å². The molecule has 1 heterocycles. The summed E-state index contributed by atoms with van der Waals surface area (Å²) in [4.78, 5) is 32.5. The third kappa shape index (κ3) is 5.77. The fraction of sp³-hybridized carbons (Fsp3) is 0.400. The van der Waals surface area contributed by atoms with Gasteiger partial charge in [0.2, 0.25) is 5.91 Å². The van der Waals surface area contributed by atoms with E-state index in [4.69, 9.17) is 4.84 Å². The summed E-state index contributed by atoms with van der Waals surface area (Å²) >= 11 is 0. The quantitative estimate of drug-likeness (QED) is 0.530. The summed E-state index contributed by atoms with van der Waals surface area (Å²) in [5.74, 6) is -0.528. The van der Waals surface area contributed by atoms with Gasteiger partial charge in [-0.2, -0.15) is 0 Å². The van der Waals surface area contributed by atoms with Crippen LogP contribution in [0.5, 0.6) is 0 Å². The van der Waals surface area contributed by atoms with Crippen LogP contribution in [-0.2, 0) is 9.63 Å². The summed E-state index contributed by atoms with van der Waals surface area (Å²) in [5.41, 5.74) is 5.42. The van der Waals surface area contributed by atoms with Gasteiger partial charge in [-0.05, 0) is 42.2 Å². The molecule has 0 unspecified atom stereocenters. The summed E-state index contributed by atoms with van der Waals surface area (Å²) in [6.45, 7) is 3.51. The van der Waals surface area contributed by atoms with Crippen molar-refractivity contribution in [3.8, 4) is 11.1 Å². The number of hydrogen-bond donors (Lipinski definition) is 3. The number of benzene rings is 2. The highest BCUT2D eigenvalue weighted by Crippen LogP contribution is 2.28. The van der Waals surface area contributed by atoms with Gasteiger partial charge in [0.15, 0.2) is 0 Å². The molecule has 1 atom stereocenters. The molecule has 0 aliphatic carbocycles. The number of likely N-dealkylation sites (tertiary alicyclic amines) is 1. The van der Waals surface area contributed by atoms with Crippen molar-refractivity contribution in [3.63, 3.8) is 0 Å². The first kappa shape index (κ1) is 24.4. The zero-order chi connectivity index (χ0) is 24.0. The van der Waals surface area contributed by atoms with Crippen LogP contribution >= 0.6 is 0 Å². The lowest BCUT2D eigenvalue weighted by Gasteiger charge is -2.25. The van der Waals surface area contributed by atoms with Gasteiger partial charge in [0.25, 0.3) is 5.91 Å². The van der Waals surface area contributed by atoms with Gasteiger partial charge in [-0.15, -0.1) is 0 Å². The average Bonchev–Trinajstić information content (AvgIpc) is 3.19. The lowest BCUT2D eigenvalue weighted by Crippen LogP contribution is -2.44. The third-order valence-corrected chi connectivity index (χ3v) is 5.89. The first-order valence-corrected chi connectivity index (χ1v) is 11.0. The van der Waals surface area contributed by atoms with Crippen LogP contribution in [0.4, 0.5) is 0 Å². The monoisotopic (exact) mass is 453 g/mol. The SMILES string of the molecule is CON=C1C[C@@H](CC(=O)NC(CO)CO)N(C(=O)c2ccc(-c3ccccc3C)cc2C)C1. The van der Waals surface area contributed by atoms with Gasteiger partial charge in [0, 0.05) is 24.4 Å². The van der Waals surface area contributed by atoms with E-state index in [1.54, 1.807) is 4.90 Å². The summed E-state index contributed by atoms with van der Waals surface area (Å²) in [6.07, 6.45) is 0.446. The largest absolute Gasteiger partial charge is 0.399 e. The Morgan fingerprint density at radius 3 is 2.52 bits per heavy atom. The second kappa shape index (κ2) is 11.1. The van der Waals surface area contributed by atoms with E-state index in [0.717, 1.165) is 22.3 Å². The number of aliphatic hydroxyl groups is 2. The van der Waals surface area contributed by atoms with Gasteiger partial charge < -0.3 is 25.3 Å². The number of hydrogen-bond acceptors (Lipinski definition) is 6. The van der Waals surface area contributed by atoms with Crippen LogP contribution in [0, 0.1) is 13.8 Å². The molecule has 0 aromatic heterocycles. The number of nitrogens with one attached hydrogen (secondary N) is 1. The zero-order valence-electron chi connectivity index (χ0n) is 19.2. The van der Waals surface area contributed by atoms with Crippen LogP contribution in [0.1, 0.15) is 34.3 Å². The van der Waals surface area contributed by atoms with Crippen LogP contribution in [0.15, 0.2) is 47.6 Å². The minimum atomic E-state index is -0.730. The molecule has 176 valence electrons. The lowest BCUT2D eigenvalue weighted by atomic mass is 9.96. The van der Waals surface area contributed by atoms with E-state index in [-0.39, 0.29) is 38.0 Å². The Bertz CT molecular complexity index is 1030. The molecular weight excluding hydrogens is 422 g/mol. The second-order valence-electron chi connectivity index (χ2n) is 8.31. The first-order valence-electron chi connectivity index (χ1n) is 11.0. The van der Waals surface area contributed by atoms with Crippen molar-refractivity contribution in [1.82, 2.24) is 10.2 Å². The standard InChI is InChI=1S/C25H31N3O5/c1-16-6-4-5-7-22(16)18-8-9-23(17(2)10-18)25(32)28-13-19(27-33-3)11-21(28)12-24(31)26-20(14-29)15-30/h4-10,20-21,29-30H,11-15H2,1-3H3,(H,26,31)/t21-/m0/s1. The van der Waals surface area contributed by atoms with Crippen molar-refractivity contribution in [3.05, 3.63) is 59.2 Å². The Kier molecular flexibility index (Phi) is 8.19.